The zero-order valence-corrected chi connectivity index (χ0v) is 18.7. The van der Waals surface area contributed by atoms with Gasteiger partial charge in [0.05, 0.1) is 17.5 Å². The van der Waals surface area contributed by atoms with Crippen molar-refractivity contribution in [3.05, 3.63) is 58.9 Å². The second-order valence-electron chi connectivity index (χ2n) is 8.21. The smallest absolute Gasteiger partial charge is 0.418 e. The number of alkyl halides is 3. The van der Waals surface area contributed by atoms with Gasteiger partial charge in [0.1, 0.15) is 11.6 Å². The maximum absolute atomic E-state index is 14.2. The van der Waals surface area contributed by atoms with Gasteiger partial charge in [0.15, 0.2) is 6.61 Å². The second kappa shape index (κ2) is 9.35. The molecule has 11 heteroatoms. The van der Waals surface area contributed by atoms with Crippen LogP contribution < -0.4 is 14.8 Å². The van der Waals surface area contributed by atoms with Crippen LogP contribution in [0.1, 0.15) is 37.5 Å². The lowest BCUT2D eigenvalue weighted by Gasteiger charge is -2.19. The van der Waals surface area contributed by atoms with Crippen LogP contribution in [0.5, 0.6) is 5.75 Å². The molecule has 0 saturated carbocycles. The molecular weight excluding hydrogens is 452 g/mol. The number of amides is 1. The van der Waals surface area contributed by atoms with Crippen molar-refractivity contribution in [2.24, 2.45) is 0 Å². The van der Waals surface area contributed by atoms with Gasteiger partial charge in [-0.25, -0.2) is 12.8 Å². The average molecular weight is 476 g/mol. The Morgan fingerprint density at radius 3 is 2.16 bits per heavy atom. The maximum atomic E-state index is 14.2. The molecular formula is C21H24F4N2O4S. The number of ether oxygens (including phenoxy) is 1. The van der Waals surface area contributed by atoms with Crippen molar-refractivity contribution in [3.63, 3.8) is 0 Å². The third-order valence-electron chi connectivity index (χ3n) is 4.32. The number of hydrogen-bond acceptors (Lipinski definition) is 4. The van der Waals surface area contributed by atoms with E-state index in [1.165, 1.54) is 4.72 Å². The van der Waals surface area contributed by atoms with Gasteiger partial charge in [-0.2, -0.15) is 13.2 Å². The highest BCUT2D eigenvalue weighted by Crippen LogP contribution is 2.37. The Labute approximate surface area is 184 Å². The predicted octanol–water partition coefficient (Wildman–Crippen LogP) is 4.21. The van der Waals surface area contributed by atoms with Crippen molar-refractivity contribution < 1.29 is 35.5 Å². The van der Waals surface area contributed by atoms with Crippen LogP contribution in [0.25, 0.3) is 0 Å². The Kier molecular flexibility index (Phi) is 7.44. The monoisotopic (exact) mass is 476 g/mol. The minimum Gasteiger partial charge on any atom is -0.484 e. The van der Waals surface area contributed by atoms with Gasteiger partial charge in [-0.1, -0.05) is 32.9 Å². The lowest BCUT2D eigenvalue weighted by atomic mass is 9.87. The van der Waals surface area contributed by atoms with Gasteiger partial charge in [-0.3, -0.25) is 9.52 Å². The molecule has 0 aliphatic carbocycles. The molecule has 6 nitrogen and oxygen atoms in total. The minimum absolute atomic E-state index is 0.0488. The van der Waals surface area contributed by atoms with E-state index in [0.29, 0.717) is 18.1 Å². The highest BCUT2D eigenvalue weighted by molar-refractivity contribution is 7.92. The van der Waals surface area contributed by atoms with Crippen LogP contribution >= 0.6 is 0 Å². The van der Waals surface area contributed by atoms with Crippen LogP contribution in [-0.2, 0) is 33.0 Å². The third kappa shape index (κ3) is 7.40. The van der Waals surface area contributed by atoms with Crippen molar-refractivity contribution in [1.29, 1.82) is 0 Å². The molecule has 0 aliphatic heterocycles. The summed E-state index contributed by atoms with van der Waals surface area (Å²) in [4.78, 5) is 12.0. The Morgan fingerprint density at radius 1 is 1.06 bits per heavy atom. The first-order chi connectivity index (χ1) is 14.6. The lowest BCUT2D eigenvalue weighted by molar-refractivity contribution is -0.137. The molecule has 2 aromatic carbocycles. The number of halogens is 4. The first-order valence-electron chi connectivity index (χ1n) is 9.44. The summed E-state index contributed by atoms with van der Waals surface area (Å²) in [7, 11) is -4.14. The molecule has 2 N–H and O–H groups in total. The molecule has 1 amide bonds. The van der Waals surface area contributed by atoms with Crippen LogP contribution in [-0.4, -0.2) is 27.2 Å². The normalized spacial score (nSPS) is 12.4. The number of carbonyl (C=O) groups is 1. The molecule has 0 heterocycles. The van der Waals surface area contributed by atoms with Gasteiger partial charge in [-0.05, 0) is 40.8 Å². The molecule has 0 aliphatic rings. The number of nitrogens with one attached hydrogen (secondary N) is 2. The standard InChI is InChI=1S/C21H24F4N2O4S/c1-20(2,3)14-5-7-15(8-6-14)31-12-18(28)26-11-13-9-16(21(23,24)25)19(17(22)10-13)27-32(4,29)30/h5-10,27H,11-12H2,1-4H3,(H,26,28). The predicted molar refractivity (Wildman–Crippen MR) is 112 cm³/mol. The van der Waals surface area contributed by atoms with E-state index in [2.05, 4.69) is 5.32 Å². The molecule has 2 rings (SSSR count). The topological polar surface area (TPSA) is 84.5 Å². The van der Waals surface area contributed by atoms with Crippen molar-refractivity contribution in [1.82, 2.24) is 5.32 Å². The summed E-state index contributed by atoms with van der Waals surface area (Å²) in [5.41, 5.74) is -1.87. The lowest BCUT2D eigenvalue weighted by Crippen LogP contribution is -2.28. The van der Waals surface area contributed by atoms with E-state index in [4.69, 9.17) is 4.74 Å². The van der Waals surface area contributed by atoms with Gasteiger partial charge in [0.25, 0.3) is 5.91 Å². The number of hydrogen-bond donors (Lipinski definition) is 2. The number of sulfonamides is 1. The highest BCUT2D eigenvalue weighted by atomic mass is 32.2. The van der Waals surface area contributed by atoms with Gasteiger partial charge in [0.2, 0.25) is 10.0 Å². The van der Waals surface area contributed by atoms with Crippen molar-refractivity contribution in [3.8, 4) is 5.75 Å². The molecule has 0 unspecified atom stereocenters. The minimum atomic E-state index is -5.02. The summed E-state index contributed by atoms with van der Waals surface area (Å²) in [6, 6.07) is 8.41. The van der Waals surface area contributed by atoms with Crippen LogP contribution in [0.4, 0.5) is 23.2 Å². The third-order valence-corrected chi connectivity index (χ3v) is 4.90. The Hall–Kier alpha value is -2.82. The molecule has 176 valence electrons. The zero-order valence-electron chi connectivity index (χ0n) is 17.9. The van der Waals surface area contributed by atoms with E-state index in [1.807, 2.05) is 32.9 Å². The zero-order chi connectivity index (χ0) is 24.3. The molecule has 2 aromatic rings. The fraction of sp³-hybridized carbons (Fsp3) is 0.381. The number of rotatable bonds is 7. The Morgan fingerprint density at radius 2 is 1.66 bits per heavy atom. The fourth-order valence-electron chi connectivity index (χ4n) is 2.73. The first kappa shape index (κ1) is 25.4. The molecule has 0 saturated heterocycles. The van der Waals surface area contributed by atoms with Gasteiger partial charge in [0, 0.05) is 6.54 Å². The quantitative estimate of drug-likeness (QED) is 0.587. The molecule has 32 heavy (non-hydrogen) atoms. The first-order valence-corrected chi connectivity index (χ1v) is 11.3. The van der Waals surface area contributed by atoms with Crippen LogP contribution in [0.15, 0.2) is 36.4 Å². The van der Waals surface area contributed by atoms with Gasteiger partial charge >= 0.3 is 6.18 Å². The molecule has 0 spiro atoms. The fourth-order valence-corrected chi connectivity index (χ4v) is 3.31. The molecule has 0 aromatic heterocycles. The van der Waals surface area contributed by atoms with Crippen molar-refractivity contribution in [2.75, 3.05) is 17.6 Å². The van der Waals surface area contributed by atoms with E-state index < -0.39 is 52.3 Å². The molecule has 0 fully saturated rings. The van der Waals surface area contributed by atoms with E-state index in [9.17, 15) is 30.8 Å². The second-order valence-corrected chi connectivity index (χ2v) is 9.96. The number of anilines is 1. The molecule has 0 bridgehead atoms. The number of benzene rings is 2. The summed E-state index contributed by atoms with van der Waals surface area (Å²) >= 11 is 0. The largest absolute Gasteiger partial charge is 0.484 e. The van der Waals surface area contributed by atoms with Crippen molar-refractivity contribution >= 4 is 21.6 Å². The van der Waals surface area contributed by atoms with E-state index in [-0.39, 0.29) is 11.0 Å². The van der Waals surface area contributed by atoms with E-state index in [1.54, 1.807) is 12.1 Å². The summed E-state index contributed by atoms with van der Waals surface area (Å²) in [6.07, 6.45) is -4.41. The summed E-state index contributed by atoms with van der Waals surface area (Å²) in [5.74, 6) is -1.60. The SMILES string of the molecule is CC(C)(C)c1ccc(OCC(=O)NCc2cc(F)c(NS(C)(=O)=O)c(C(F)(F)F)c2)cc1. The summed E-state index contributed by atoms with van der Waals surface area (Å²) in [6.45, 7) is 5.34. The number of carbonyl (C=O) groups excluding carboxylic acids is 1. The summed E-state index contributed by atoms with van der Waals surface area (Å²) in [5, 5.41) is 2.34. The molecule has 0 atom stereocenters. The highest BCUT2D eigenvalue weighted by Gasteiger charge is 2.36. The van der Waals surface area contributed by atoms with Crippen LogP contribution in [0, 0.1) is 5.82 Å². The Balaban J connectivity index is 2.05. The van der Waals surface area contributed by atoms with Gasteiger partial charge in [-0.15, -0.1) is 0 Å². The summed E-state index contributed by atoms with van der Waals surface area (Å²) < 4.78 is 83.5. The van der Waals surface area contributed by atoms with Crippen LogP contribution in [0.3, 0.4) is 0 Å². The van der Waals surface area contributed by atoms with E-state index >= 15 is 0 Å². The maximum Gasteiger partial charge on any atom is 0.418 e. The van der Waals surface area contributed by atoms with Crippen LogP contribution in [0.2, 0.25) is 0 Å². The van der Waals surface area contributed by atoms with E-state index in [0.717, 1.165) is 11.6 Å². The average Bonchev–Trinajstić information content (AvgIpc) is 2.64. The Bertz CT molecular complexity index is 1080. The van der Waals surface area contributed by atoms with Crippen molar-refractivity contribution in [2.45, 2.75) is 38.9 Å². The molecule has 0 radical (unpaired) electrons. The van der Waals surface area contributed by atoms with Gasteiger partial charge < -0.3 is 10.1 Å².